The predicted molar refractivity (Wildman–Crippen MR) is 112 cm³/mol. The summed E-state index contributed by atoms with van der Waals surface area (Å²) >= 11 is 0. The van der Waals surface area contributed by atoms with Crippen LogP contribution in [0.4, 0.5) is 16.2 Å². The van der Waals surface area contributed by atoms with Crippen molar-refractivity contribution < 1.29 is 38.1 Å². The van der Waals surface area contributed by atoms with Crippen molar-refractivity contribution >= 4 is 35.1 Å². The molecule has 1 aliphatic heterocycles. The molecule has 11 nitrogen and oxygen atoms in total. The Hall–Kier alpha value is -4.28. The van der Waals surface area contributed by atoms with Gasteiger partial charge in [0.15, 0.2) is 11.5 Å². The monoisotopic (exact) mass is 443 g/mol. The average Bonchev–Trinajstić information content (AvgIpc) is 3.01. The lowest BCUT2D eigenvalue weighted by atomic mass is 10.2. The number of carbonyl (C=O) groups excluding carboxylic acids is 4. The minimum atomic E-state index is -1.11. The minimum Gasteiger partial charge on any atom is -0.497 e. The molecular formula is C21H21N3O8. The van der Waals surface area contributed by atoms with Crippen LogP contribution in [-0.2, 0) is 14.4 Å². The standard InChI is InChI=1S/C21H21N3O8/c1-29-14-7-5-13(6-8-14)24-20(27)19(26)23(21(24)28)11-17(25)22-12-9-15(30-2)18(32-4)16(10-12)31-3/h5-10H,11H2,1-4H3,(H,22,25). The van der Waals surface area contributed by atoms with Crippen LogP contribution in [0.5, 0.6) is 23.0 Å². The number of rotatable bonds is 8. The van der Waals surface area contributed by atoms with E-state index in [1.165, 1.54) is 52.7 Å². The highest BCUT2D eigenvalue weighted by Crippen LogP contribution is 2.40. The van der Waals surface area contributed by atoms with Gasteiger partial charge in [0, 0.05) is 17.8 Å². The van der Waals surface area contributed by atoms with E-state index in [2.05, 4.69) is 5.32 Å². The highest BCUT2D eigenvalue weighted by atomic mass is 16.5. The Morgan fingerprint density at radius 2 is 1.44 bits per heavy atom. The third-order valence-electron chi connectivity index (χ3n) is 4.63. The number of nitrogens with zero attached hydrogens (tertiary/aromatic N) is 2. The Labute approximate surface area is 183 Å². The zero-order valence-corrected chi connectivity index (χ0v) is 17.8. The number of urea groups is 1. The molecule has 0 unspecified atom stereocenters. The third kappa shape index (κ3) is 4.13. The highest BCUT2D eigenvalue weighted by Gasteiger charge is 2.46. The summed E-state index contributed by atoms with van der Waals surface area (Å²) < 4.78 is 20.7. The Bertz CT molecular complexity index is 1040. The molecule has 1 fully saturated rings. The molecule has 2 aromatic rings. The predicted octanol–water partition coefficient (Wildman–Crippen LogP) is 1.65. The molecule has 1 heterocycles. The van der Waals surface area contributed by atoms with E-state index in [1.54, 1.807) is 12.1 Å². The molecular weight excluding hydrogens is 422 g/mol. The molecule has 32 heavy (non-hydrogen) atoms. The van der Waals surface area contributed by atoms with Gasteiger partial charge in [0.05, 0.1) is 34.1 Å². The second-order valence-electron chi connectivity index (χ2n) is 6.47. The quantitative estimate of drug-likeness (QED) is 0.483. The van der Waals surface area contributed by atoms with Gasteiger partial charge in [0.25, 0.3) is 0 Å². The van der Waals surface area contributed by atoms with E-state index in [9.17, 15) is 19.2 Å². The average molecular weight is 443 g/mol. The van der Waals surface area contributed by atoms with Crippen molar-refractivity contribution in [3.8, 4) is 23.0 Å². The summed E-state index contributed by atoms with van der Waals surface area (Å²) in [5.41, 5.74) is 0.462. The van der Waals surface area contributed by atoms with Gasteiger partial charge >= 0.3 is 17.8 Å². The van der Waals surface area contributed by atoms with Crippen molar-refractivity contribution in [1.29, 1.82) is 0 Å². The van der Waals surface area contributed by atoms with E-state index >= 15 is 0 Å². The molecule has 0 spiro atoms. The van der Waals surface area contributed by atoms with Crippen LogP contribution in [0.1, 0.15) is 0 Å². The summed E-state index contributed by atoms with van der Waals surface area (Å²) in [6.45, 7) is -0.660. The second-order valence-corrected chi connectivity index (χ2v) is 6.47. The van der Waals surface area contributed by atoms with Crippen LogP contribution in [0, 0.1) is 0 Å². The molecule has 5 amide bonds. The fraction of sp³-hybridized carbons (Fsp3) is 0.238. The fourth-order valence-corrected chi connectivity index (χ4v) is 3.10. The van der Waals surface area contributed by atoms with Crippen LogP contribution in [0.2, 0.25) is 0 Å². The summed E-state index contributed by atoms with van der Waals surface area (Å²) in [7, 11) is 5.75. The topological polar surface area (TPSA) is 124 Å². The van der Waals surface area contributed by atoms with E-state index in [0.29, 0.717) is 32.8 Å². The summed E-state index contributed by atoms with van der Waals surface area (Å²) in [6, 6.07) is 8.05. The first-order chi connectivity index (χ1) is 15.3. The number of nitrogens with one attached hydrogen (secondary N) is 1. The number of methoxy groups -OCH3 is 4. The van der Waals surface area contributed by atoms with Gasteiger partial charge in [-0.25, -0.2) is 14.6 Å². The molecule has 0 aliphatic carbocycles. The van der Waals surface area contributed by atoms with Crippen LogP contribution in [0.25, 0.3) is 0 Å². The third-order valence-corrected chi connectivity index (χ3v) is 4.63. The van der Waals surface area contributed by atoms with Crippen molar-refractivity contribution in [1.82, 2.24) is 4.90 Å². The number of benzene rings is 2. The maximum Gasteiger partial charge on any atom is 0.339 e. The summed E-state index contributed by atoms with van der Waals surface area (Å²) in [5.74, 6) is -1.41. The number of amides is 5. The number of anilines is 2. The first-order valence-corrected chi connectivity index (χ1v) is 9.28. The fourth-order valence-electron chi connectivity index (χ4n) is 3.10. The Balaban J connectivity index is 1.77. The van der Waals surface area contributed by atoms with E-state index in [1.807, 2.05) is 0 Å². The van der Waals surface area contributed by atoms with Crippen LogP contribution in [-0.4, -0.2) is 63.6 Å². The van der Waals surface area contributed by atoms with Crippen molar-refractivity contribution in [3.05, 3.63) is 36.4 Å². The lowest BCUT2D eigenvalue weighted by molar-refractivity contribution is -0.140. The van der Waals surface area contributed by atoms with Crippen molar-refractivity contribution in [2.45, 2.75) is 0 Å². The molecule has 168 valence electrons. The van der Waals surface area contributed by atoms with E-state index in [-0.39, 0.29) is 11.4 Å². The molecule has 0 saturated carbocycles. The Morgan fingerprint density at radius 3 is 1.94 bits per heavy atom. The maximum absolute atomic E-state index is 12.7. The highest BCUT2D eigenvalue weighted by molar-refractivity contribution is 6.53. The molecule has 0 bridgehead atoms. The molecule has 2 aromatic carbocycles. The summed E-state index contributed by atoms with van der Waals surface area (Å²) in [5, 5.41) is 2.55. The molecule has 1 N–H and O–H groups in total. The van der Waals surface area contributed by atoms with Crippen LogP contribution in [0.15, 0.2) is 36.4 Å². The van der Waals surface area contributed by atoms with E-state index < -0.39 is 30.3 Å². The molecule has 1 aliphatic rings. The summed E-state index contributed by atoms with van der Waals surface area (Å²) in [4.78, 5) is 51.2. The summed E-state index contributed by atoms with van der Waals surface area (Å²) in [6.07, 6.45) is 0. The van der Waals surface area contributed by atoms with Gasteiger partial charge in [-0.1, -0.05) is 0 Å². The number of imide groups is 2. The zero-order valence-electron chi connectivity index (χ0n) is 17.8. The number of hydrogen-bond acceptors (Lipinski definition) is 8. The van der Waals surface area contributed by atoms with E-state index in [0.717, 1.165) is 0 Å². The van der Waals surface area contributed by atoms with Gasteiger partial charge in [0.2, 0.25) is 11.7 Å². The SMILES string of the molecule is COc1ccc(N2C(=O)C(=O)N(CC(=O)Nc3cc(OC)c(OC)c(OC)c3)C2=O)cc1. The van der Waals surface area contributed by atoms with E-state index in [4.69, 9.17) is 18.9 Å². The second kappa shape index (κ2) is 9.25. The van der Waals surface area contributed by atoms with Gasteiger partial charge in [-0.3, -0.25) is 14.4 Å². The molecule has 0 radical (unpaired) electrons. The Kier molecular flexibility index (Phi) is 6.47. The minimum absolute atomic E-state index is 0.182. The molecule has 1 saturated heterocycles. The number of hydrogen-bond donors (Lipinski definition) is 1. The molecule has 3 rings (SSSR count). The number of ether oxygens (including phenoxy) is 4. The Morgan fingerprint density at radius 1 is 0.844 bits per heavy atom. The lowest BCUT2D eigenvalue weighted by Gasteiger charge is -2.17. The van der Waals surface area contributed by atoms with Gasteiger partial charge in [-0.05, 0) is 24.3 Å². The van der Waals surface area contributed by atoms with Gasteiger partial charge < -0.3 is 24.3 Å². The largest absolute Gasteiger partial charge is 0.497 e. The molecule has 11 heteroatoms. The van der Waals surface area contributed by atoms with Crippen LogP contribution in [0.3, 0.4) is 0 Å². The van der Waals surface area contributed by atoms with Gasteiger partial charge in [-0.15, -0.1) is 0 Å². The van der Waals surface area contributed by atoms with Crippen molar-refractivity contribution in [2.24, 2.45) is 0 Å². The lowest BCUT2D eigenvalue weighted by Crippen LogP contribution is -2.39. The van der Waals surface area contributed by atoms with Gasteiger partial charge in [-0.2, -0.15) is 0 Å². The first-order valence-electron chi connectivity index (χ1n) is 9.28. The van der Waals surface area contributed by atoms with Crippen molar-refractivity contribution in [2.75, 3.05) is 45.2 Å². The smallest absolute Gasteiger partial charge is 0.339 e. The number of carbonyl (C=O) groups is 4. The zero-order chi connectivity index (χ0) is 23.4. The van der Waals surface area contributed by atoms with Crippen LogP contribution >= 0.6 is 0 Å². The van der Waals surface area contributed by atoms with Crippen LogP contribution < -0.4 is 29.2 Å². The van der Waals surface area contributed by atoms with Gasteiger partial charge in [0.1, 0.15) is 12.3 Å². The maximum atomic E-state index is 12.7. The first kappa shape index (κ1) is 22.4. The van der Waals surface area contributed by atoms with Crippen molar-refractivity contribution in [3.63, 3.8) is 0 Å². The normalized spacial score (nSPS) is 13.3. The molecule has 0 atom stereocenters. The molecule has 0 aromatic heterocycles.